The number of hydrogen-bond acceptors (Lipinski definition) is 2. The van der Waals surface area contributed by atoms with Gasteiger partial charge in [0.05, 0.1) is 13.5 Å². The van der Waals surface area contributed by atoms with E-state index in [0.717, 1.165) is 0 Å². The molecule has 0 aromatic heterocycles. The van der Waals surface area contributed by atoms with E-state index < -0.39 is 6.04 Å². The molecule has 0 aliphatic heterocycles. The highest BCUT2D eigenvalue weighted by molar-refractivity contribution is 5.74. The second-order valence-corrected chi connectivity index (χ2v) is 1.63. The predicted molar refractivity (Wildman–Crippen MR) is 32.1 cm³/mol. The van der Waals surface area contributed by atoms with Crippen LogP contribution in [0.3, 0.4) is 0 Å². The summed E-state index contributed by atoms with van der Waals surface area (Å²) in [5.41, 5.74) is 3.48. The van der Waals surface area contributed by atoms with Crippen LogP contribution < -0.4 is 18.1 Å². The van der Waals surface area contributed by atoms with Crippen LogP contribution in [-0.2, 0) is 9.53 Å². The van der Waals surface area contributed by atoms with Gasteiger partial charge in [-0.3, -0.25) is 0 Å². The molecule has 0 bridgehead atoms. The Balaban J connectivity index is 0. The van der Waals surface area contributed by atoms with Crippen molar-refractivity contribution in [2.45, 2.75) is 12.5 Å². The molecule has 0 aromatic carbocycles. The van der Waals surface area contributed by atoms with Crippen molar-refractivity contribution >= 4 is 5.97 Å². The Kier molecular flexibility index (Phi) is 7.68. The molecule has 3 nitrogen and oxygen atoms in total. The topological polar surface area (TPSA) is 53.9 Å². The second kappa shape index (κ2) is 6.40. The van der Waals surface area contributed by atoms with Gasteiger partial charge in [0.25, 0.3) is 0 Å². The van der Waals surface area contributed by atoms with Crippen LogP contribution in [-0.4, -0.2) is 19.1 Å². The molecule has 0 spiro atoms. The van der Waals surface area contributed by atoms with Crippen LogP contribution in [0.2, 0.25) is 0 Å². The Morgan fingerprint density at radius 3 is 2.70 bits per heavy atom. The minimum atomic E-state index is -0.417. The SMILES string of the molecule is C#CC[C@@H]([NH3+])C(=O)OC.[Cl-]. The van der Waals surface area contributed by atoms with Crippen LogP contribution in [0.5, 0.6) is 0 Å². The molecule has 0 heterocycles. The summed E-state index contributed by atoms with van der Waals surface area (Å²) in [5, 5.41) is 0. The normalized spacial score (nSPS) is 10.5. The maximum absolute atomic E-state index is 10.5. The first-order chi connectivity index (χ1) is 4.22. The van der Waals surface area contributed by atoms with E-state index in [-0.39, 0.29) is 18.4 Å². The monoisotopic (exact) mass is 163 g/mol. The van der Waals surface area contributed by atoms with E-state index in [1.165, 1.54) is 7.11 Å². The summed E-state index contributed by atoms with van der Waals surface area (Å²) in [7, 11) is 1.32. The molecule has 0 radical (unpaired) electrons. The van der Waals surface area contributed by atoms with Gasteiger partial charge >= 0.3 is 5.97 Å². The van der Waals surface area contributed by atoms with Gasteiger partial charge in [-0.05, 0) is 0 Å². The summed E-state index contributed by atoms with van der Waals surface area (Å²) in [6.45, 7) is 0. The quantitative estimate of drug-likeness (QED) is 0.332. The predicted octanol–water partition coefficient (Wildman–Crippen LogP) is -4.20. The van der Waals surface area contributed by atoms with Crippen LogP contribution in [0.15, 0.2) is 0 Å². The Hall–Kier alpha value is -0.720. The number of carbonyl (C=O) groups is 1. The van der Waals surface area contributed by atoms with Gasteiger partial charge in [-0.15, -0.1) is 6.42 Å². The molecule has 10 heavy (non-hydrogen) atoms. The molecule has 3 N–H and O–H groups in total. The highest BCUT2D eigenvalue weighted by Crippen LogP contribution is 1.84. The van der Waals surface area contributed by atoms with Crippen molar-refractivity contribution in [1.82, 2.24) is 0 Å². The van der Waals surface area contributed by atoms with Gasteiger partial charge in [-0.1, -0.05) is 5.92 Å². The maximum atomic E-state index is 10.5. The van der Waals surface area contributed by atoms with Crippen molar-refractivity contribution in [2.75, 3.05) is 7.11 Å². The summed E-state index contributed by atoms with van der Waals surface area (Å²) in [6.07, 6.45) is 5.26. The summed E-state index contributed by atoms with van der Waals surface area (Å²) in [6, 6.07) is -0.417. The van der Waals surface area contributed by atoms with Crippen molar-refractivity contribution in [3.8, 4) is 12.3 Å². The second-order valence-electron chi connectivity index (χ2n) is 1.63. The van der Waals surface area contributed by atoms with Crippen LogP contribution in [0.4, 0.5) is 0 Å². The zero-order valence-corrected chi connectivity index (χ0v) is 6.52. The average molecular weight is 164 g/mol. The molecule has 0 saturated heterocycles. The van der Waals surface area contributed by atoms with E-state index in [1.807, 2.05) is 0 Å². The standard InChI is InChI=1S/C6H9NO2.ClH/c1-3-4-5(7)6(8)9-2;/h1,5H,4,7H2,2H3;1H/t5-;/m1./s1. The fraction of sp³-hybridized carbons (Fsp3) is 0.500. The number of halogens is 1. The van der Waals surface area contributed by atoms with Crippen LogP contribution in [0.1, 0.15) is 6.42 Å². The molecule has 0 aliphatic carbocycles. The molecule has 0 amide bonds. The van der Waals surface area contributed by atoms with Crippen LogP contribution >= 0.6 is 0 Å². The molecule has 4 heteroatoms. The Bertz CT molecular complexity index is 141. The number of esters is 1. The summed E-state index contributed by atoms with van der Waals surface area (Å²) >= 11 is 0. The third kappa shape index (κ3) is 4.19. The summed E-state index contributed by atoms with van der Waals surface area (Å²) in [4.78, 5) is 10.5. The number of rotatable bonds is 2. The minimum absolute atomic E-state index is 0. The van der Waals surface area contributed by atoms with Crippen molar-refractivity contribution < 1.29 is 27.7 Å². The van der Waals surface area contributed by atoms with Gasteiger partial charge in [0, 0.05) is 0 Å². The number of carbonyl (C=O) groups excluding carboxylic acids is 1. The zero-order valence-electron chi connectivity index (χ0n) is 5.76. The van der Waals surface area contributed by atoms with Gasteiger partial charge in [0.15, 0.2) is 6.04 Å². The Morgan fingerprint density at radius 1 is 1.90 bits per heavy atom. The Morgan fingerprint density at radius 2 is 2.40 bits per heavy atom. The van der Waals surface area contributed by atoms with Gasteiger partial charge < -0.3 is 22.9 Å². The third-order valence-electron chi connectivity index (χ3n) is 0.899. The van der Waals surface area contributed by atoms with Gasteiger partial charge in [-0.2, -0.15) is 0 Å². The van der Waals surface area contributed by atoms with E-state index in [9.17, 15) is 4.79 Å². The highest BCUT2D eigenvalue weighted by atomic mass is 35.5. The van der Waals surface area contributed by atoms with E-state index in [0.29, 0.717) is 6.42 Å². The first-order valence-corrected chi connectivity index (χ1v) is 2.56. The number of methoxy groups -OCH3 is 1. The molecule has 58 valence electrons. The van der Waals surface area contributed by atoms with Crippen molar-refractivity contribution in [3.05, 3.63) is 0 Å². The Labute approximate surface area is 66.3 Å². The molecule has 0 fully saturated rings. The number of hydrogen-bond donors (Lipinski definition) is 1. The number of quaternary nitrogens is 1. The fourth-order valence-corrected chi connectivity index (χ4v) is 0.392. The molecule has 0 aliphatic rings. The fourth-order valence-electron chi connectivity index (χ4n) is 0.392. The maximum Gasteiger partial charge on any atom is 0.365 e. The van der Waals surface area contributed by atoms with E-state index >= 15 is 0 Å². The minimum Gasteiger partial charge on any atom is -1.00 e. The van der Waals surface area contributed by atoms with E-state index in [2.05, 4.69) is 16.4 Å². The molecule has 0 rings (SSSR count). The van der Waals surface area contributed by atoms with E-state index in [4.69, 9.17) is 6.42 Å². The number of terminal acetylenes is 1. The lowest BCUT2D eigenvalue weighted by Crippen LogP contribution is -3.00. The van der Waals surface area contributed by atoms with Crippen molar-refractivity contribution in [3.63, 3.8) is 0 Å². The van der Waals surface area contributed by atoms with Crippen molar-refractivity contribution in [1.29, 1.82) is 0 Å². The first kappa shape index (κ1) is 12.0. The van der Waals surface area contributed by atoms with Gasteiger partial charge in [0.1, 0.15) is 0 Å². The first-order valence-electron chi connectivity index (χ1n) is 2.56. The molecular formula is C6H10ClNO2. The van der Waals surface area contributed by atoms with Crippen molar-refractivity contribution in [2.24, 2.45) is 0 Å². The van der Waals surface area contributed by atoms with Crippen LogP contribution in [0.25, 0.3) is 0 Å². The molecular weight excluding hydrogens is 154 g/mol. The molecule has 0 unspecified atom stereocenters. The smallest absolute Gasteiger partial charge is 0.365 e. The van der Waals surface area contributed by atoms with E-state index in [1.54, 1.807) is 0 Å². The highest BCUT2D eigenvalue weighted by Gasteiger charge is 2.14. The molecule has 1 atom stereocenters. The number of ether oxygens (including phenoxy) is 1. The lowest BCUT2D eigenvalue weighted by atomic mass is 10.2. The lowest BCUT2D eigenvalue weighted by molar-refractivity contribution is -0.406. The summed E-state index contributed by atoms with van der Waals surface area (Å²) in [5.74, 6) is 1.97. The molecule has 0 aromatic rings. The molecule has 0 saturated carbocycles. The lowest BCUT2D eigenvalue weighted by Gasteiger charge is -1.99. The van der Waals surface area contributed by atoms with Crippen LogP contribution in [0, 0.1) is 12.3 Å². The van der Waals surface area contributed by atoms with Gasteiger partial charge in [-0.25, -0.2) is 4.79 Å². The van der Waals surface area contributed by atoms with Gasteiger partial charge in [0.2, 0.25) is 0 Å². The third-order valence-corrected chi connectivity index (χ3v) is 0.899. The zero-order chi connectivity index (χ0) is 7.28. The average Bonchev–Trinajstić information content (AvgIpc) is 1.87. The summed E-state index contributed by atoms with van der Waals surface area (Å²) < 4.78 is 4.37. The largest absolute Gasteiger partial charge is 1.00 e.